The number of hydrogen-bond acceptors (Lipinski definition) is 3. The highest BCUT2D eigenvalue weighted by atomic mass is 16.5. The molecule has 23 heavy (non-hydrogen) atoms. The van der Waals surface area contributed by atoms with E-state index < -0.39 is 0 Å². The van der Waals surface area contributed by atoms with Crippen LogP contribution in [0.1, 0.15) is 6.92 Å². The van der Waals surface area contributed by atoms with Gasteiger partial charge in [-0.15, -0.1) is 0 Å². The molecule has 2 aromatic rings. The minimum Gasteiger partial charge on any atom is -0.483 e. The van der Waals surface area contributed by atoms with Crippen LogP contribution in [0.15, 0.2) is 54.6 Å². The molecule has 0 saturated carbocycles. The first-order valence-electron chi connectivity index (χ1n) is 8.02. The summed E-state index contributed by atoms with van der Waals surface area (Å²) in [6.07, 6.45) is 0. The fraction of sp³-hybridized carbons (Fsp3) is 0.316. The summed E-state index contributed by atoms with van der Waals surface area (Å²) < 4.78 is 5.83. The Hall–Kier alpha value is -2.33. The van der Waals surface area contributed by atoms with Crippen LogP contribution in [0.3, 0.4) is 0 Å². The van der Waals surface area contributed by atoms with Gasteiger partial charge in [0.05, 0.1) is 0 Å². The van der Waals surface area contributed by atoms with Crippen LogP contribution >= 0.6 is 0 Å². The van der Waals surface area contributed by atoms with Crippen LogP contribution < -0.4 is 10.1 Å². The number of piperazine rings is 1. The summed E-state index contributed by atoms with van der Waals surface area (Å²) >= 11 is 0. The predicted molar refractivity (Wildman–Crippen MR) is 91.4 cm³/mol. The normalized spacial score (nSPS) is 17.8. The number of hydrogen-bond donors (Lipinski definition) is 1. The predicted octanol–water partition coefficient (Wildman–Crippen LogP) is 2.55. The van der Waals surface area contributed by atoms with Gasteiger partial charge in [0.1, 0.15) is 5.75 Å². The molecule has 0 bridgehead atoms. The Balaban J connectivity index is 1.68. The van der Waals surface area contributed by atoms with Crippen molar-refractivity contribution < 1.29 is 9.53 Å². The van der Waals surface area contributed by atoms with Gasteiger partial charge in [-0.25, -0.2) is 0 Å². The number of carbonyl (C=O) groups excluding carboxylic acids is 1. The second-order valence-corrected chi connectivity index (χ2v) is 5.85. The zero-order valence-corrected chi connectivity index (χ0v) is 13.4. The highest BCUT2D eigenvalue weighted by Gasteiger charge is 2.21. The van der Waals surface area contributed by atoms with E-state index in [1.807, 2.05) is 59.5 Å². The van der Waals surface area contributed by atoms with Gasteiger partial charge in [-0.1, -0.05) is 48.5 Å². The molecule has 3 rings (SSSR count). The van der Waals surface area contributed by atoms with Crippen molar-refractivity contribution in [1.82, 2.24) is 10.2 Å². The molecule has 120 valence electrons. The first-order valence-corrected chi connectivity index (χ1v) is 8.02. The molecular formula is C19H22N2O2. The molecular weight excluding hydrogens is 288 g/mol. The Kier molecular flexibility index (Phi) is 4.93. The number of rotatable bonds is 4. The van der Waals surface area contributed by atoms with Gasteiger partial charge < -0.3 is 15.0 Å². The van der Waals surface area contributed by atoms with Gasteiger partial charge >= 0.3 is 0 Å². The molecule has 1 atom stereocenters. The summed E-state index contributed by atoms with van der Waals surface area (Å²) in [4.78, 5) is 14.2. The van der Waals surface area contributed by atoms with E-state index in [1.165, 1.54) is 0 Å². The molecule has 2 aromatic carbocycles. The van der Waals surface area contributed by atoms with Crippen molar-refractivity contribution in [2.75, 3.05) is 26.2 Å². The summed E-state index contributed by atoms with van der Waals surface area (Å²) in [5.41, 5.74) is 2.10. The fourth-order valence-electron chi connectivity index (χ4n) is 2.84. The maximum absolute atomic E-state index is 12.3. The van der Waals surface area contributed by atoms with Crippen LogP contribution in [0.5, 0.6) is 5.75 Å². The standard InChI is InChI=1S/C19H22N2O2/c1-15-13-21(12-11-20-15)19(22)14-23-18-10-6-5-9-17(18)16-7-3-2-4-8-16/h2-10,15,20H,11-14H2,1H3. The van der Waals surface area contributed by atoms with Crippen molar-refractivity contribution in [1.29, 1.82) is 0 Å². The first kappa shape index (κ1) is 15.6. The molecule has 1 amide bonds. The lowest BCUT2D eigenvalue weighted by molar-refractivity contribution is -0.134. The smallest absolute Gasteiger partial charge is 0.260 e. The number of para-hydroxylation sites is 1. The minimum atomic E-state index is 0.0428. The van der Waals surface area contributed by atoms with E-state index in [0.29, 0.717) is 6.04 Å². The van der Waals surface area contributed by atoms with Gasteiger partial charge in [-0.2, -0.15) is 0 Å². The van der Waals surface area contributed by atoms with Crippen LogP contribution in [0.2, 0.25) is 0 Å². The summed E-state index contributed by atoms with van der Waals surface area (Å²) in [6, 6.07) is 18.3. The SMILES string of the molecule is CC1CN(C(=O)COc2ccccc2-c2ccccc2)CCN1. The lowest BCUT2D eigenvalue weighted by Crippen LogP contribution is -2.52. The van der Waals surface area contributed by atoms with Gasteiger partial charge in [0.2, 0.25) is 0 Å². The van der Waals surface area contributed by atoms with Crippen molar-refractivity contribution >= 4 is 5.91 Å². The van der Waals surface area contributed by atoms with Crippen molar-refractivity contribution in [2.24, 2.45) is 0 Å². The summed E-state index contributed by atoms with van der Waals surface area (Å²) in [7, 11) is 0. The minimum absolute atomic E-state index is 0.0428. The number of nitrogens with one attached hydrogen (secondary N) is 1. The zero-order chi connectivity index (χ0) is 16.1. The zero-order valence-electron chi connectivity index (χ0n) is 13.4. The first-order chi connectivity index (χ1) is 11.2. The van der Waals surface area contributed by atoms with Crippen LogP contribution in [0, 0.1) is 0 Å². The van der Waals surface area contributed by atoms with E-state index in [1.54, 1.807) is 0 Å². The monoisotopic (exact) mass is 310 g/mol. The van der Waals surface area contributed by atoms with E-state index in [0.717, 1.165) is 36.5 Å². The van der Waals surface area contributed by atoms with E-state index in [4.69, 9.17) is 4.74 Å². The molecule has 4 nitrogen and oxygen atoms in total. The van der Waals surface area contributed by atoms with Gasteiger partial charge in [0.15, 0.2) is 6.61 Å². The molecule has 1 unspecified atom stereocenters. The van der Waals surface area contributed by atoms with Gasteiger partial charge in [-0.3, -0.25) is 4.79 Å². The Morgan fingerprint density at radius 1 is 1.17 bits per heavy atom. The number of benzene rings is 2. The number of amides is 1. The molecule has 0 aliphatic carbocycles. The van der Waals surface area contributed by atoms with E-state index in [9.17, 15) is 4.79 Å². The van der Waals surface area contributed by atoms with Crippen molar-refractivity contribution in [3.63, 3.8) is 0 Å². The highest BCUT2D eigenvalue weighted by Crippen LogP contribution is 2.29. The number of ether oxygens (including phenoxy) is 1. The molecule has 0 aromatic heterocycles. The third-order valence-corrected chi connectivity index (χ3v) is 4.04. The fourth-order valence-corrected chi connectivity index (χ4v) is 2.84. The van der Waals surface area contributed by atoms with E-state index in [-0.39, 0.29) is 12.5 Å². The molecule has 1 aliphatic heterocycles. The third kappa shape index (κ3) is 3.90. The van der Waals surface area contributed by atoms with Crippen molar-refractivity contribution in [3.05, 3.63) is 54.6 Å². The van der Waals surface area contributed by atoms with Gasteiger partial charge in [-0.05, 0) is 18.6 Å². The highest BCUT2D eigenvalue weighted by molar-refractivity contribution is 5.78. The molecule has 1 N–H and O–H groups in total. The lowest BCUT2D eigenvalue weighted by Gasteiger charge is -2.31. The van der Waals surface area contributed by atoms with Crippen LogP contribution in [0.4, 0.5) is 0 Å². The molecule has 1 fully saturated rings. The summed E-state index contributed by atoms with van der Waals surface area (Å²) in [5, 5.41) is 3.34. The summed E-state index contributed by atoms with van der Waals surface area (Å²) in [6.45, 7) is 4.49. The second kappa shape index (κ2) is 7.29. The number of carbonyl (C=O) groups is 1. The number of nitrogens with zero attached hydrogens (tertiary/aromatic N) is 1. The molecule has 1 aliphatic rings. The third-order valence-electron chi connectivity index (χ3n) is 4.04. The Labute approximate surface area is 137 Å². The topological polar surface area (TPSA) is 41.6 Å². The average Bonchev–Trinajstić information content (AvgIpc) is 2.60. The quantitative estimate of drug-likeness (QED) is 0.943. The molecule has 1 saturated heterocycles. The largest absolute Gasteiger partial charge is 0.483 e. The lowest BCUT2D eigenvalue weighted by atomic mass is 10.1. The second-order valence-electron chi connectivity index (χ2n) is 5.85. The van der Waals surface area contributed by atoms with E-state index >= 15 is 0 Å². The molecule has 0 spiro atoms. The average molecular weight is 310 g/mol. The Bertz CT molecular complexity index is 657. The molecule has 0 radical (unpaired) electrons. The summed E-state index contributed by atoms with van der Waals surface area (Å²) in [5.74, 6) is 0.788. The maximum atomic E-state index is 12.3. The van der Waals surface area contributed by atoms with Crippen LogP contribution in [0.25, 0.3) is 11.1 Å². The van der Waals surface area contributed by atoms with Crippen molar-refractivity contribution in [3.8, 4) is 16.9 Å². The molecule has 1 heterocycles. The maximum Gasteiger partial charge on any atom is 0.260 e. The van der Waals surface area contributed by atoms with Crippen molar-refractivity contribution in [2.45, 2.75) is 13.0 Å². The van der Waals surface area contributed by atoms with Gasteiger partial charge in [0.25, 0.3) is 5.91 Å². The Morgan fingerprint density at radius 2 is 1.91 bits per heavy atom. The van der Waals surface area contributed by atoms with Crippen LogP contribution in [-0.2, 0) is 4.79 Å². The molecule has 4 heteroatoms. The van der Waals surface area contributed by atoms with Crippen LogP contribution in [-0.4, -0.2) is 43.1 Å². The van der Waals surface area contributed by atoms with E-state index in [2.05, 4.69) is 12.2 Å². The Morgan fingerprint density at radius 3 is 2.70 bits per heavy atom. The van der Waals surface area contributed by atoms with Gasteiger partial charge in [0, 0.05) is 31.2 Å².